The molecule has 1 aromatic rings. The Morgan fingerprint density at radius 2 is 2.00 bits per heavy atom. The first-order valence-electron chi connectivity index (χ1n) is 6.56. The molecule has 0 bridgehead atoms. The molecular formula is C16H19N3. The van der Waals surface area contributed by atoms with Gasteiger partial charge in [0.25, 0.3) is 0 Å². The van der Waals surface area contributed by atoms with Crippen molar-refractivity contribution >= 4 is 11.5 Å². The number of rotatable bonds is 0. The van der Waals surface area contributed by atoms with Crippen LogP contribution in [0.25, 0.3) is 5.70 Å². The van der Waals surface area contributed by atoms with Crippen molar-refractivity contribution in [3.63, 3.8) is 0 Å². The molecule has 1 aromatic heterocycles. The Morgan fingerprint density at radius 1 is 1.26 bits per heavy atom. The Hall–Kier alpha value is -2.03. The zero-order valence-electron chi connectivity index (χ0n) is 11.8. The monoisotopic (exact) mass is 253 g/mol. The normalized spacial score (nSPS) is 24.5. The van der Waals surface area contributed by atoms with E-state index < -0.39 is 0 Å². The van der Waals surface area contributed by atoms with Gasteiger partial charge in [-0.25, -0.2) is 4.98 Å². The number of nitrogens with one attached hydrogen (secondary N) is 1. The fourth-order valence-corrected chi connectivity index (χ4v) is 3.00. The summed E-state index contributed by atoms with van der Waals surface area (Å²) >= 11 is 0. The maximum absolute atomic E-state index is 6.42. The number of aromatic nitrogens is 1. The summed E-state index contributed by atoms with van der Waals surface area (Å²) in [5.74, 6) is 0.893. The summed E-state index contributed by atoms with van der Waals surface area (Å²) in [7, 11) is 0. The Kier molecular flexibility index (Phi) is 2.36. The van der Waals surface area contributed by atoms with Crippen LogP contribution in [-0.4, -0.2) is 10.5 Å². The van der Waals surface area contributed by atoms with Crippen molar-refractivity contribution in [2.45, 2.75) is 33.2 Å². The predicted molar refractivity (Wildman–Crippen MR) is 79.7 cm³/mol. The van der Waals surface area contributed by atoms with E-state index in [0.29, 0.717) is 0 Å². The molecule has 0 aromatic carbocycles. The molecule has 3 heteroatoms. The molecule has 2 heterocycles. The van der Waals surface area contributed by atoms with Crippen molar-refractivity contribution in [2.24, 2.45) is 5.73 Å². The fraction of sp³-hybridized carbons (Fsp3) is 0.312. The molecule has 1 aliphatic carbocycles. The minimum absolute atomic E-state index is 0.251. The van der Waals surface area contributed by atoms with Crippen LogP contribution in [0.5, 0.6) is 0 Å². The third-order valence-electron chi connectivity index (χ3n) is 4.21. The van der Waals surface area contributed by atoms with Gasteiger partial charge in [0.05, 0.1) is 5.54 Å². The average molecular weight is 253 g/mol. The summed E-state index contributed by atoms with van der Waals surface area (Å²) in [5, 5.41) is 3.57. The topological polar surface area (TPSA) is 50.9 Å². The SMILES string of the molecule is CC1=CC=CC2=C(N)c3c(C)cc(C)nc3NC12C. The number of allylic oxidation sites excluding steroid dienone is 2. The quantitative estimate of drug-likeness (QED) is 0.747. The van der Waals surface area contributed by atoms with Crippen LogP contribution in [0.4, 0.5) is 5.82 Å². The van der Waals surface area contributed by atoms with Crippen LogP contribution in [0.2, 0.25) is 0 Å². The molecule has 3 N–H and O–H groups in total. The van der Waals surface area contributed by atoms with E-state index in [2.05, 4.69) is 55.4 Å². The molecule has 1 atom stereocenters. The van der Waals surface area contributed by atoms with Crippen LogP contribution in [0.1, 0.15) is 30.7 Å². The smallest absolute Gasteiger partial charge is 0.136 e. The Labute approximate surface area is 113 Å². The van der Waals surface area contributed by atoms with Gasteiger partial charge in [-0.15, -0.1) is 0 Å². The number of aryl methyl sites for hydroxylation is 2. The van der Waals surface area contributed by atoms with E-state index in [9.17, 15) is 0 Å². The molecule has 2 aliphatic rings. The van der Waals surface area contributed by atoms with E-state index in [4.69, 9.17) is 5.73 Å². The second-order valence-electron chi connectivity index (χ2n) is 5.59. The van der Waals surface area contributed by atoms with Crippen LogP contribution >= 0.6 is 0 Å². The van der Waals surface area contributed by atoms with Crippen LogP contribution in [0.3, 0.4) is 0 Å². The first kappa shape index (κ1) is 12.0. The largest absolute Gasteiger partial charge is 0.398 e. The number of fused-ring (bicyclic) bond motifs is 2. The predicted octanol–water partition coefficient (Wildman–Crippen LogP) is 3.07. The molecule has 3 rings (SSSR count). The number of pyridine rings is 1. The fourth-order valence-electron chi connectivity index (χ4n) is 3.00. The highest BCUT2D eigenvalue weighted by atomic mass is 15.1. The van der Waals surface area contributed by atoms with Crippen molar-refractivity contribution < 1.29 is 0 Å². The van der Waals surface area contributed by atoms with Crippen LogP contribution < -0.4 is 11.1 Å². The molecule has 0 fully saturated rings. The van der Waals surface area contributed by atoms with Gasteiger partial charge in [0, 0.05) is 22.5 Å². The summed E-state index contributed by atoms with van der Waals surface area (Å²) in [6.45, 7) is 8.38. The lowest BCUT2D eigenvalue weighted by Crippen LogP contribution is -2.43. The first-order chi connectivity index (χ1) is 8.93. The Balaban J connectivity index is 2.32. The number of hydrogen-bond acceptors (Lipinski definition) is 3. The summed E-state index contributed by atoms with van der Waals surface area (Å²) in [6.07, 6.45) is 6.28. The zero-order chi connectivity index (χ0) is 13.8. The third kappa shape index (κ3) is 1.54. The van der Waals surface area contributed by atoms with Crippen molar-refractivity contribution in [3.05, 3.63) is 52.3 Å². The van der Waals surface area contributed by atoms with Gasteiger partial charge >= 0.3 is 0 Å². The van der Waals surface area contributed by atoms with E-state index in [1.54, 1.807) is 0 Å². The van der Waals surface area contributed by atoms with Gasteiger partial charge in [0.2, 0.25) is 0 Å². The Bertz CT molecular complexity index is 665. The number of hydrogen-bond donors (Lipinski definition) is 2. The molecule has 98 valence electrons. The van der Waals surface area contributed by atoms with E-state index >= 15 is 0 Å². The second kappa shape index (κ2) is 3.73. The zero-order valence-corrected chi connectivity index (χ0v) is 11.8. The van der Waals surface area contributed by atoms with E-state index in [1.165, 1.54) is 11.1 Å². The van der Waals surface area contributed by atoms with Gasteiger partial charge in [0.15, 0.2) is 0 Å². The van der Waals surface area contributed by atoms with E-state index in [1.807, 2.05) is 6.92 Å². The Morgan fingerprint density at radius 3 is 2.74 bits per heavy atom. The van der Waals surface area contributed by atoms with Crippen LogP contribution in [0.15, 0.2) is 35.4 Å². The average Bonchev–Trinajstić information content (AvgIpc) is 2.30. The third-order valence-corrected chi connectivity index (χ3v) is 4.21. The van der Waals surface area contributed by atoms with Gasteiger partial charge in [-0.2, -0.15) is 0 Å². The maximum Gasteiger partial charge on any atom is 0.136 e. The minimum atomic E-state index is -0.251. The molecule has 0 amide bonds. The lowest BCUT2D eigenvalue weighted by Gasteiger charge is -2.41. The highest BCUT2D eigenvalue weighted by molar-refractivity contribution is 5.86. The summed E-state index contributed by atoms with van der Waals surface area (Å²) < 4.78 is 0. The van der Waals surface area contributed by atoms with Crippen molar-refractivity contribution in [3.8, 4) is 0 Å². The molecule has 0 radical (unpaired) electrons. The van der Waals surface area contributed by atoms with Crippen molar-refractivity contribution in [2.75, 3.05) is 5.32 Å². The molecule has 1 aliphatic heterocycles. The first-order valence-corrected chi connectivity index (χ1v) is 6.56. The molecule has 0 saturated heterocycles. The second-order valence-corrected chi connectivity index (χ2v) is 5.59. The molecule has 0 saturated carbocycles. The molecule has 19 heavy (non-hydrogen) atoms. The number of nitrogens with two attached hydrogens (primary N) is 1. The van der Waals surface area contributed by atoms with E-state index in [0.717, 1.165) is 28.3 Å². The van der Waals surface area contributed by atoms with Crippen molar-refractivity contribution in [1.82, 2.24) is 4.98 Å². The van der Waals surface area contributed by atoms with Crippen molar-refractivity contribution in [1.29, 1.82) is 0 Å². The lowest BCUT2D eigenvalue weighted by atomic mass is 9.76. The summed E-state index contributed by atoms with van der Waals surface area (Å²) in [6, 6.07) is 2.08. The molecule has 3 nitrogen and oxygen atoms in total. The van der Waals surface area contributed by atoms with Gasteiger partial charge in [-0.05, 0) is 44.9 Å². The lowest BCUT2D eigenvalue weighted by molar-refractivity contribution is 0.694. The van der Waals surface area contributed by atoms with Crippen LogP contribution in [0, 0.1) is 13.8 Å². The van der Waals surface area contributed by atoms with Gasteiger partial charge in [-0.1, -0.05) is 18.2 Å². The van der Waals surface area contributed by atoms with Gasteiger partial charge in [0.1, 0.15) is 5.82 Å². The number of nitrogens with zero attached hydrogens (tertiary/aromatic N) is 1. The van der Waals surface area contributed by atoms with Gasteiger partial charge in [-0.3, -0.25) is 0 Å². The molecule has 0 spiro atoms. The van der Waals surface area contributed by atoms with Crippen LogP contribution in [-0.2, 0) is 0 Å². The maximum atomic E-state index is 6.42. The standard InChI is InChI=1S/C16H19N3/c1-9-8-11(3)18-15-13(9)14(17)12-7-5-6-10(2)16(12,4)19-15/h5-8H,17H2,1-4H3,(H,18,19). The summed E-state index contributed by atoms with van der Waals surface area (Å²) in [4.78, 5) is 4.62. The number of anilines is 1. The molecular weight excluding hydrogens is 234 g/mol. The highest BCUT2D eigenvalue weighted by Crippen LogP contribution is 2.42. The van der Waals surface area contributed by atoms with Gasteiger partial charge < -0.3 is 11.1 Å². The minimum Gasteiger partial charge on any atom is -0.398 e. The highest BCUT2D eigenvalue weighted by Gasteiger charge is 2.38. The molecule has 1 unspecified atom stereocenters. The summed E-state index contributed by atoms with van der Waals surface area (Å²) in [5.41, 5.74) is 12.6. The van der Waals surface area contributed by atoms with E-state index in [-0.39, 0.29) is 5.54 Å².